The van der Waals surface area contributed by atoms with Crippen molar-refractivity contribution >= 4 is 34.1 Å². The molecule has 1 saturated carbocycles. The second kappa shape index (κ2) is 7.23. The summed E-state index contributed by atoms with van der Waals surface area (Å²) in [5.41, 5.74) is 7.12. The van der Waals surface area contributed by atoms with Gasteiger partial charge in [0.1, 0.15) is 0 Å². The maximum absolute atomic E-state index is 13.0. The third-order valence-corrected chi connectivity index (χ3v) is 9.14. The molecule has 5 nitrogen and oxygen atoms in total. The van der Waals surface area contributed by atoms with Crippen molar-refractivity contribution in [3.8, 4) is 0 Å². The lowest BCUT2D eigenvalue weighted by Crippen LogP contribution is -2.54. The van der Waals surface area contributed by atoms with Gasteiger partial charge in [-0.25, -0.2) is 4.98 Å². The van der Waals surface area contributed by atoms with E-state index < -0.39 is 6.10 Å². The number of aliphatic hydroxyl groups excluding tert-OH is 1. The van der Waals surface area contributed by atoms with Crippen LogP contribution >= 0.6 is 23.1 Å². The zero-order valence-corrected chi connectivity index (χ0v) is 18.1. The standard InChI is InChI=1S/C20H31N3O2S2/c1-11(18(25)23-6-8-26-9-7-23)13-4-5-20(3)10-14-16(22-19(21)27-14)12(2)15(20)17(13)24/h11-13,15,17,24H,4-10H2,1-3H3,(H2,21,22)/t11-,12+,13-,15+,17-,20+/m0/s1. The normalized spacial score (nSPS) is 37.4. The van der Waals surface area contributed by atoms with Crippen LogP contribution in [0.5, 0.6) is 0 Å². The van der Waals surface area contributed by atoms with Gasteiger partial charge in [0, 0.05) is 41.3 Å². The molecule has 0 radical (unpaired) electrons. The van der Waals surface area contributed by atoms with Crippen molar-refractivity contribution in [2.45, 2.75) is 52.1 Å². The van der Waals surface area contributed by atoms with Crippen LogP contribution in [0.25, 0.3) is 0 Å². The van der Waals surface area contributed by atoms with Gasteiger partial charge in [0.2, 0.25) is 5.91 Å². The molecule has 150 valence electrons. The van der Waals surface area contributed by atoms with Gasteiger partial charge in [0.25, 0.3) is 0 Å². The van der Waals surface area contributed by atoms with Crippen LogP contribution in [0.15, 0.2) is 0 Å². The van der Waals surface area contributed by atoms with Crippen LogP contribution in [0.1, 0.15) is 50.1 Å². The Morgan fingerprint density at radius 3 is 2.81 bits per heavy atom. The number of anilines is 1. The number of thioether (sulfide) groups is 1. The molecular formula is C20H31N3O2S2. The average Bonchev–Trinajstić information content (AvgIpc) is 3.01. The highest BCUT2D eigenvalue weighted by atomic mass is 32.2. The number of amides is 1. The Morgan fingerprint density at radius 2 is 2.11 bits per heavy atom. The van der Waals surface area contributed by atoms with Gasteiger partial charge >= 0.3 is 0 Å². The molecule has 0 spiro atoms. The van der Waals surface area contributed by atoms with E-state index >= 15 is 0 Å². The first-order valence-corrected chi connectivity index (χ1v) is 12.1. The number of nitrogens with zero attached hydrogens (tertiary/aromatic N) is 2. The first-order valence-electron chi connectivity index (χ1n) is 10.1. The van der Waals surface area contributed by atoms with E-state index in [0.29, 0.717) is 5.13 Å². The van der Waals surface area contributed by atoms with Crippen LogP contribution in [0.4, 0.5) is 5.13 Å². The molecule has 2 aliphatic carbocycles. The van der Waals surface area contributed by atoms with E-state index in [4.69, 9.17) is 5.73 Å². The molecule has 4 rings (SSSR count). The number of rotatable bonds is 2. The SMILES string of the molecule is C[C@H](C(=O)N1CCSCC1)[C@@H]1CC[C@]2(C)Cc3sc(N)nc3[C@H](C)[C@@H]2[C@H]1O. The maximum Gasteiger partial charge on any atom is 0.225 e. The topological polar surface area (TPSA) is 79.5 Å². The first kappa shape index (κ1) is 19.5. The van der Waals surface area contributed by atoms with Gasteiger partial charge < -0.3 is 15.7 Å². The molecule has 1 aromatic heterocycles. The zero-order chi connectivity index (χ0) is 19.3. The van der Waals surface area contributed by atoms with Crippen LogP contribution < -0.4 is 5.73 Å². The van der Waals surface area contributed by atoms with Crippen molar-refractivity contribution in [3.63, 3.8) is 0 Å². The summed E-state index contributed by atoms with van der Waals surface area (Å²) < 4.78 is 0. The minimum absolute atomic E-state index is 0.0325. The highest BCUT2D eigenvalue weighted by Crippen LogP contribution is 2.57. The van der Waals surface area contributed by atoms with Crippen molar-refractivity contribution in [1.29, 1.82) is 0 Å². The second-order valence-electron chi connectivity index (χ2n) is 8.93. The number of hydrogen-bond donors (Lipinski definition) is 2. The summed E-state index contributed by atoms with van der Waals surface area (Å²) in [6.45, 7) is 8.20. The smallest absolute Gasteiger partial charge is 0.225 e. The number of thiazole rings is 1. The summed E-state index contributed by atoms with van der Waals surface area (Å²) >= 11 is 3.52. The van der Waals surface area contributed by atoms with Gasteiger partial charge in [-0.05, 0) is 36.5 Å². The second-order valence-corrected chi connectivity index (χ2v) is 11.3. The Balaban J connectivity index is 1.56. The Bertz CT molecular complexity index is 718. The van der Waals surface area contributed by atoms with Crippen LogP contribution in [-0.4, -0.2) is 51.6 Å². The molecule has 1 saturated heterocycles. The average molecular weight is 410 g/mol. The summed E-state index contributed by atoms with van der Waals surface area (Å²) in [5.74, 6) is 2.50. The molecule has 0 unspecified atom stereocenters. The Morgan fingerprint density at radius 1 is 1.41 bits per heavy atom. The van der Waals surface area contributed by atoms with E-state index in [1.54, 1.807) is 11.3 Å². The van der Waals surface area contributed by atoms with E-state index in [1.165, 1.54) is 4.88 Å². The number of carbonyl (C=O) groups excluding carboxylic acids is 1. The molecule has 2 heterocycles. The Hall–Kier alpha value is -0.790. The third kappa shape index (κ3) is 3.29. The molecule has 7 heteroatoms. The molecule has 0 bridgehead atoms. The van der Waals surface area contributed by atoms with Crippen molar-refractivity contribution < 1.29 is 9.90 Å². The largest absolute Gasteiger partial charge is 0.392 e. The summed E-state index contributed by atoms with van der Waals surface area (Å²) in [6.07, 6.45) is 2.45. The molecular weight excluding hydrogens is 378 g/mol. The highest BCUT2D eigenvalue weighted by Gasteiger charge is 2.54. The van der Waals surface area contributed by atoms with Crippen molar-refractivity contribution in [3.05, 3.63) is 10.6 Å². The van der Waals surface area contributed by atoms with Gasteiger partial charge in [0.15, 0.2) is 5.13 Å². The lowest BCUT2D eigenvalue weighted by molar-refractivity contribution is -0.144. The van der Waals surface area contributed by atoms with Crippen molar-refractivity contribution in [2.75, 3.05) is 30.3 Å². The van der Waals surface area contributed by atoms with E-state index in [1.807, 2.05) is 23.6 Å². The molecule has 1 aliphatic heterocycles. The number of fused-ring (bicyclic) bond motifs is 2. The van der Waals surface area contributed by atoms with Crippen LogP contribution in [-0.2, 0) is 11.2 Å². The summed E-state index contributed by atoms with van der Waals surface area (Å²) in [5, 5.41) is 12.1. The third-order valence-electron chi connectivity index (χ3n) is 7.29. The van der Waals surface area contributed by atoms with E-state index in [0.717, 1.165) is 49.6 Å². The molecule has 27 heavy (non-hydrogen) atoms. The number of hydrogen-bond acceptors (Lipinski definition) is 6. The fourth-order valence-corrected chi connectivity index (χ4v) is 7.86. The van der Waals surface area contributed by atoms with Gasteiger partial charge in [0.05, 0.1) is 11.8 Å². The minimum atomic E-state index is -0.465. The maximum atomic E-state index is 13.0. The van der Waals surface area contributed by atoms with Crippen LogP contribution in [0.3, 0.4) is 0 Å². The number of nitrogens with two attached hydrogens (primary N) is 1. The summed E-state index contributed by atoms with van der Waals surface area (Å²) in [7, 11) is 0. The summed E-state index contributed by atoms with van der Waals surface area (Å²) in [6, 6.07) is 0. The van der Waals surface area contributed by atoms with Crippen molar-refractivity contribution in [2.24, 2.45) is 23.2 Å². The zero-order valence-electron chi connectivity index (χ0n) is 16.5. The quantitative estimate of drug-likeness (QED) is 0.785. The predicted octanol–water partition coefficient (Wildman–Crippen LogP) is 2.99. The Kier molecular flexibility index (Phi) is 5.23. The summed E-state index contributed by atoms with van der Waals surface area (Å²) in [4.78, 5) is 20.9. The van der Waals surface area contributed by atoms with E-state index in [2.05, 4.69) is 18.8 Å². The molecule has 2 fully saturated rings. The Labute approximate surface area is 170 Å². The van der Waals surface area contributed by atoms with Crippen LogP contribution in [0, 0.1) is 23.2 Å². The molecule has 1 aromatic rings. The molecule has 6 atom stereocenters. The number of aliphatic hydroxyl groups is 1. The predicted molar refractivity (Wildman–Crippen MR) is 112 cm³/mol. The van der Waals surface area contributed by atoms with Gasteiger partial charge in [-0.1, -0.05) is 20.8 Å². The lowest BCUT2D eigenvalue weighted by Gasteiger charge is -2.53. The fourth-order valence-electron chi connectivity index (χ4n) is 5.82. The number of aromatic nitrogens is 1. The van der Waals surface area contributed by atoms with Crippen LogP contribution in [0.2, 0.25) is 0 Å². The molecule has 3 aliphatic rings. The van der Waals surface area contributed by atoms with E-state index in [-0.39, 0.29) is 35.0 Å². The monoisotopic (exact) mass is 409 g/mol. The van der Waals surface area contributed by atoms with Gasteiger partial charge in [-0.15, -0.1) is 11.3 Å². The highest BCUT2D eigenvalue weighted by molar-refractivity contribution is 7.99. The van der Waals surface area contributed by atoms with E-state index in [9.17, 15) is 9.90 Å². The first-order chi connectivity index (χ1) is 12.8. The van der Waals surface area contributed by atoms with Crippen molar-refractivity contribution in [1.82, 2.24) is 9.88 Å². The van der Waals surface area contributed by atoms with Gasteiger partial charge in [-0.3, -0.25) is 4.79 Å². The number of nitrogen functional groups attached to an aromatic ring is 1. The molecule has 1 amide bonds. The van der Waals surface area contributed by atoms with Gasteiger partial charge in [-0.2, -0.15) is 11.8 Å². The number of carbonyl (C=O) groups is 1. The molecule has 3 N–H and O–H groups in total. The molecule has 0 aromatic carbocycles. The minimum Gasteiger partial charge on any atom is -0.392 e. The lowest BCUT2D eigenvalue weighted by atomic mass is 9.53. The fraction of sp³-hybridized carbons (Fsp3) is 0.800.